The van der Waals surface area contributed by atoms with Gasteiger partial charge in [-0.2, -0.15) is 0 Å². The zero-order valence-corrected chi connectivity index (χ0v) is 13.6. The molecule has 118 valence electrons. The molecular formula is C18H13FN4S. The van der Waals surface area contributed by atoms with Gasteiger partial charge in [0.1, 0.15) is 11.3 Å². The molecule has 1 N–H and O–H groups in total. The fourth-order valence-electron chi connectivity index (χ4n) is 2.60. The summed E-state index contributed by atoms with van der Waals surface area (Å²) in [6.07, 6.45) is 3.35. The number of anilines is 1. The highest BCUT2D eigenvalue weighted by Gasteiger charge is 2.16. The lowest BCUT2D eigenvalue weighted by atomic mass is 10.1. The number of rotatable bonds is 3. The van der Waals surface area contributed by atoms with Crippen molar-refractivity contribution < 1.29 is 4.39 Å². The maximum Gasteiger partial charge on any atom is 0.163 e. The molecule has 0 saturated carbocycles. The Morgan fingerprint density at radius 2 is 2.00 bits per heavy atom. The highest BCUT2D eigenvalue weighted by Crippen LogP contribution is 2.34. The molecule has 4 rings (SSSR count). The number of thiophene rings is 1. The van der Waals surface area contributed by atoms with Crippen molar-refractivity contribution in [3.63, 3.8) is 0 Å². The molecule has 0 atom stereocenters. The summed E-state index contributed by atoms with van der Waals surface area (Å²) in [6, 6.07) is 11.1. The van der Waals surface area contributed by atoms with Crippen LogP contribution in [0.25, 0.3) is 32.7 Å². The zero-order chi connectivity index (χ0) is 16.5. The Hall–Kier alpha value is -2.86. The normalized spacial score (nSPS) is 10.9. The molecule has 0 amide bonds. The van der Waals surface area contributed by atoms with Gasteiger partial charge in [-0.3, -0.25) is 4.98 Å². The molecule has 0 aliphatic heterocycles. The van der Waals surface area contributed by atoms with Crippen LogP contribution in [-0.2, 0) is 0 Å². The molecule has 3 aromatic heterocycles. The summed E-state index contributed by atoms with van der Waals surface area (Å²) in [7, 11) is 1.76. The average molecular weight is 336 g/mol. The van der Waals surface area contributed by atoms with E-state index in [0.717, 1.165) is 10.4 Å². The first-order valence-corrected chi connectivity index (χ1v) is 8.28. The zero-order valence-electron chi connectivity index (χ0n) is 12.8. The van der Waals surface area contributed by atoms with E-state index in [0.29, 0.717) is 28.1 Å². The Bertz CT molecular complexity index is 1000. The van der Waals surface area contributed by atoms with Crippen molar-refractivity contribution in [2.45, 2.75) is 0 Å². The van der Waals surface area contributed by atoms with Crippen molar-refractivity contribution in [1.29, 1.82) is 0 Å². The van der Waals surface area contributed by atoms with Crippen LogP contribution in [0.3, 0.4) is 0 Å². The molecule has 4 aromatic rings. The van der Waals surface area contributed by atoms with Crippen LogP contribution in [0.5, 0.6) is 0 Å². The Morgan fingerprint density at radius 3 is 2.71 bits per heavy atom. The summed E-state index contributed by atoms with van der Waals surface area (Å²) in [5.74, 6) is 0.705. The average Bonchev–Trinajstić information content (AvgIpc) is 3.16. The molecule has 0 fully saturated rings. The smallest absolute Gasteiger partial charge is 0.163 e. The first-order valence-electron chi connectivity index (χ1n) is 7.40. The molecule has 0 bridgehead atoms. The number of hydrogen-bond donors (Lipinski definition) is 1. The number of aromatic nitrogens is 3. The third-order valence-electron chi connectivity index (χ3n) is 3.75. The van der Waals surface area contributed by atoms with E-state index >= 15 is 4.39 Å². The van der Waals surface area contributed by atoms with Gasteiger partial charge in [0, 0.05) is 40.8 Å². The maximum absolute atomic E-state index is 15.1. The molecule has 24 heavy (non-hydrogen) atoms. The van der Waals surface area contributed by atoms with Gasteiger partial charge in [0.15, 0.2) is 11.6 Å². The Kier molecular flexibility index (Phi) is 3.66. The van der Waals surface area contributed by atoms with Crippen molar-refractivity contribution in [2.75, 3.05) is 12.4 Å². The third kappa shape index (κ3) is 2.41. The Labute approximate surface area is 142 Å². The first-order chi connectivity index (χ1) is 11.8. The summed E-state index contributed by atoms with van der Waals surface area (Å²) < 4.78 is 15.1. The van der Waals surface area contributed by atoms with Gasteiger partial charge in [0.25, 0.3) is 0 Å². The molecule has 1 aromatic carbocycles. The fraction of sp³-hybridized carbons (Fsp3) is 0.0556. The highest BCUT2D eigenvalue weighted by molar-refractivity contribution is 7.13. The van der Waals surface area contributed by atoms with Crippen LogP contribution in [0.15, 0.2) is 54.2 Å². The van der Waals surface area contributed by atoms with Crippen LogP contribution in [0.1, 0.15) is 0 Å². The predicted octanol–water partition coefficient (Wildman–Crippen LogP) is 4.60. The molecule has 0 aliphatic rings. The minimum Gasteiger partial charge on any atom is -0.373 e. The van der Waals surface area contributed by atoms with E-state index in [1.54, 1.807) is 31.6 Å². The van der Waals surface area contributed by atoms with E-state index in [2.05, 4.69) is 20.3 Å². The number of nitrogens with one attached hydrogen (secondary N) is 1. The number of benzene rings is 1. The van der Waals surface area contributed by atoms with E-state index in [-0.39, 0.29) is 5.82 Å². The van der Waals surface area contributed by atoms with Crippen LogP contribution in [0.2, 0.25) is 0 Å². The topological polar surface area (TPSA) is 50.7 Å². The molecule has 3 heterocycles. The van der Waals surface area contributed by atoms with Crippen LogP contribution < -0.4 is 5.32 Å². The van der Waals surface area contributed by atoms with Crippen LogP contribution in [-0.4, -0.2) is 22.0 Å². The van der Waals surface area contributed by atoms with Gasteiger partial charge in [0.2, 0.25) is 0 Å². The second kappa shape index (κ2) is 5.98. The molecule has 0 unspecified atom stereocenters. The molecule has 0 radical (unpaired) electrons. The SMILES string of the molecule is CNc1nc(-c2cccnc2)nc2c(F)c(-c3cccs3)ccc12. The largest absolute Gasteiger partial charge is 0.373 e. The van der Waals surface area contributed by atoms with E-state index in [9.17, 15) is 0 Å². The lowest BCUT2D eigenvalue weighted by Gasteiger charge is -2.10. The monoisotopic (exact) mass is 336 g/mol. The second-order valence-electron chi connectivity index (χ2n) is 5.19. The molecule has 0 aliphatic carbocycles. The van der Waals surface area contributed by atoms with E-state index in [1.807, 2.05) is 29.6 Å². The molecule has 4 nitrogen and oxygen atoms in total. The lowest BCUT2D eigenvalue weighted by Crippen LogP contribution is -2.01. The van der Waals surface area contributed by atoms with Gasteiger partial charge in [-0.25, -0.2) is 14.4 Å². The maximum atomic E-state index is 15.1. The van der Waals surface area contributed by atoms with Gasteiger partial charge in [-0.15, -0.1) is 11.3 Å². The number of halogens is 1. The molecule has 6 heteroatoms. The summed E-state index contributed by atoms with van der Waals surface area (Å²) in [5.41, 5.74) is 1.60. The van der Waals surface area contributed by atoms with Gasteiger partial charge >= 0.3 is 0 Å². The van der Waals surface area contributed by atoms with E-state index in [1.165, 1.54) is 11.3 Å². The first kappa shape index (κ1) is 14.7. The minimum absolute atomic E-state index is 0.305. The van der Waals surface area contributed by atoms with E-state index in [4.69, 9.17) is 0 Å². The van der Waals surface area contributed by atoms with Crippen LogP contribution in [0.4, 0.5) is 10.2 Å². The van der Waals surface area contributed by atoms with Gasteiger partial charge < -0.3 is 5.32 Å². The van der Waals surface area contributed by atoms with E-state index < -0.39 is 0 Å². The number of nitrogens with zero attached hydrogens (tertiary/aromatic N) is 3. The molecular weight excluding hydrogens is 323 g/mol. The second-order valence-corrected chi connectivity index (χ2v) is 6.14. The molecule has 0 saturated heterocycles. The van der Waals surface area contributed by atoms with Crippen LogP contribution >= 0.6 is 11.3 Å². The van der Waals surface area contributed by atoms with Crippen molar-refractivity contribution >= 4 is 28.1 Å². The standard InChI is InChI=1S/C18H13FN4S/c1-20-18-13-7-6-12(14-5-3-9-24-14)15(19)16(13)22-17(23-18)11-4-2-8-21-10-11/h2-10H,1H3,(H,20,22,23). The summed E-state index contributed by atoms with van der Waals surface area (Å²) >= 11 is 1.50. The van der Waals surface area contributed by atoms with Gasteiger partial charge in [-0.1, -0.05) is 6.07 Å². The summed E-state index contributed by atoms with van der Waals surface area (Å²) in [6.45, 7) is 0. The Morgan fingerprint density at radius 1 is 1.08 bits per heavy atom. The van der Waals surface area contributed by atoms with Crippen molar-refractivity contribution in [2.24, 2.45) is 0 Å². The van der Waals surface area contributed by atoms with Gasteiger partial charge in [0.05, 0.1) is 0 Å². The lowest BCUT2D eigenvalue weighted by molar-refractivity contribution is 0.640. The van der Waals surface area contributed by atoms with Crippen LogP contribution in [0, 0.1) is 5.82 Å². The summed E-state index contributed by atoms with van der Waals surface area (Å²) in [5, 5.41) is 5.61. The van der Waals surface area contributed by atoms with Crippen molar-refractivity contribution in [3.8, 4) is 21.8 Å². The molecule has 0 spiro atoms. The fourth-order valence-corrected chi connectivity index (χ4v) is 3.34. The predicted molar refractivity (Wildman–Crippen MR) is 95.6 cm³/mol. The Balaban J connectivity index is 2.00. The number of pyridine rings is 1. The third-order valence-corrected chi connectivity index (χ3v) is 4.65. The highest BCUT2D eigenvalue weighted by atomic mass is 32.1. The van der Waals surface area contributed by atoms with Crippen molar-refractivity contribution in [1.82, 2.24) is 15.0 Å². The van der Waals surface area contributed by atoms with Crippen molar-refractivity contribution in [3.05, 3.63) is 60.0 Å². The number of fused-ring (bicyclic) bond motifs is 1. The quantitative estimate of drug-likeness (QED) is 0.594. The summed E-state index contributed by atoms with van der Waals surface area (Å²) in [4.78, 5) is 13.9. The minimum atomic E-state index is -0.334. The van der Waals surface area contributed by atoms with Gasteiger partial charge in [-0.05, 0) is 35.7 Å². The number of hydrogen-bond acceptors (Lipinski definition) is 5.